The molecule has 0 aromatic carbocycles. The van der Waals surface area contributed by atoms with Gasteiger partial charge in [-0.15, -0.1) is 0 Å². The number of rotatable bonds is 0. The van der Waals surface area contributed by atoms with E-state index < -0.39 is 13.0 Å². The van der Waals surface area contributed by atoms with Crippen molar-refractivity contribution in [3.05, 3.63) is 0 Å². The van der Waals surface area contributed by atoms with Gasteiger partial charge in [-0.25, -0.2) is 0 Å². The number of alkyl halides is 6. The first-order chi connectivity index (χ1) is 6.21. The zero-order chi connectivity index (χ0) is 11.0. The number of hydrogen-bond acceptors (Lipinski definition) is 0. The Morgan fingerprint density at radius 2 is 1.00 bits per heavy atom. The molecule has 0 atom stereocenters. The second-order valence-electron chi connectivity index (χ2n) is 3.64. The lowest BCUT2D eigenvalue weighted by Gasteiger charge is -2.47. The molecule has 1 fully saturated rings. The van der Waals surface area contributed by atoms with Gasteiger partial charge in [0.2, 0.25) is 0 Å². The first kappa shape index (κ1) is 13.8. The van der Waals surface area contributed by atoms with E-state index >= 15 is 0 Å². The second-order valence-corrected chi connectivity index (χ2v) is 8.20. The minimum Gasteiger partial charge on any atom is -0.0829 e. The largest absolute Gasteiger partial charge is 0.200 e. The summed E-state index contributed by atoms with van der Waals surface area (Å²) in [7, 11) is 0. The van der Waals surface area contributed by atoms with Gasteiger partial charge in [0.05, 0.1) is 5.41 Å². The van der Waals surface area contributed by atoms with Crippen LogP contribution in [0.3, 0.4) is 0 Å². The molecule has 0 unspecified atom stereocenters. The first-order valence-electron chi connectivity index (χ1n) is 4.34. The Kier molecular flexibility index (Phi) is 4.48. The molecule has 1 saturated carbocycles. The fourth-order valence-corrected chi connectivity index (χ4v) is 4.30. The van der Waals surface area contributed by atoms with E-state index in [9.17, 15) is 0 Å². The molecule has 0 N–H and O–H groups in total. The van der Waals surface area contributed by atoms with Crippen LogP contribution in [0, 0.1) is 5.41 Å². The predicted molar refractivity (Wildman–Crippen MR) is 66.1 cm³/mol. The summed E-state index contributed by atoms with van der Waals surface area (Å²) in [6.45, 7) is 0. The van der Waals surface area contributed by atoms with Gasteiger partial charge in [-0.3, -0.25) is 0 Å². The van der Waals surface area contributed by atoms with Crippen molar-refractivity contribution in [1.82, 2.24) is 0 Å². The van der Waals surface area contributed by atoms with Crippen LogP contribution in [0.15, 0.2) is 0 Å². The van der Waals surface area contributed by atoms with E-state index in [0.717, 1.165) is 19.3 Å². The summed E-state index contributed by atoms with van der Waals surface area (Å²) in [5, 5.41) is 0. The van der Waals surface area contributed by atoms with E-state index in [4.69, 9.17) is 69.6 Å². The van der Waals surface area contributed by atoms with Gasteiger partial charge in [-0.1, -0.05) is 88.9 Å². The Balaban J connectivity index is 3.01. The van der Waals surface area contributed by atoms with E-state index in [1.165, 1.54) is 0 Å². The van der Waals surface area contributed by atoms with Crippen LogP contribution in [0.25, 0.3) is 0 Å². The highest BCUT2D eigenvalue weighted by atomic mass is 35.6. The van der Waals surface area contributed by atoms with Crippen molar-refractivity contribution in [2.24, 2.45) is 5.41 Å². The van der Waals surface area contributed by atoms with Gasteiger partial charge < -0.3 is 0 Å². The van der Waals surface area contributed by atoms with Gasteiger partial charge in [-0.05, 0) is 12.8 Å². The minimum absolute atomic E-state index is 0.639. The summed E-state index contributed by atoms with van der Waals surface area (Å²) in [6, 6.07) is 0. The Morgan fingerprint density at radius 3 is 1.21 bits per heavy atom. The summed E-state index contributed by atoms with van der Waals surface area (Å²) in [6.07, 6.45) is 4.24. The van der Waals surface area contributed by atoms with E-state index in [0.29, 0.717) is 12.8 Å². The van der Waals surface area contributed by atoms with Gasteiger partial charge in [0, 0.05) is 0 Å². The van der Waals surface area contributed by atoms with E-state index in [-0.39, 0.29) is 0 Å². The molecule has 0 bridgehead atoms. The molecule has 0 nitrogen and oxygen atoms in total. The molecule has 0 aliphatic heterocycles. The fraction of sp³-hybridized carbons (Fsp3) is 1.00. The van der Waals surface area contributed by atoms with Gasteiger partial charge in [0.15, 0.2) is 7.59 Å². The van der Waals surface area contributed by atoms with E-state index in [1.54, 1.807) is 0 Å². The Labute approximate surface area is 114 Å². The summed E-state index contributed by atoms with van der Waals surface area (Å²) >= 11 is 35.6. The Hall–Kier alpha value is 1.74. The normalized spacial score (nSPS) is 23.6. The minimum atomic E-state index is -1.53. The quantitative estimate of drug-likeness (QED) is 0.504. The van der Waals surface area contributed by atoms with Crippen molar-refractivity contribution in [2.75, 3.05) is 0 Å². The molecule has 1 rings (SSSR count). The molecule has 0 spiro atoms. The van der Waals surface area contributed by atoms with Crippen LogP contribution in [0.5, 0.6) is 0 Å². The third kappa shape index (κ3) is 2.52. The van der Waals surface area contributed by atoms with Gasteiger partial charge in [-0.2, -0.15) is 0 Å². The van der Waals surface area contributed by atoms with Crippen LogP contribution in [-0.2, 0) is 0 Å². The van der Waals surface area contributed by atoms with Crippen LogP contribution in [0.4, 0.5) is 0 Å². The van der Waals surface area contributed by atoms with Crippen LogP contribution in [0.2, 0.25) is 0 Å². The number of hydrogen-bond donors (Lipinski definition) is 0. The van der Waals surface area contributed by atoms with Crippen LogP contribution >= 0.6 is 69.6 Å². The molecule has 1 aliphatic carbocycles. The zero-order valence-corrected chi connectivity index (χ0v) is 11.8. The lowest BCUT2D eigenvalue weighted by molar-refractivity contribution is 0.197. The van der Waals surface area contributed by atoms with Crippen LogP contribution in [-0.4, -0.2) is 7.59 Å². The lowest BCUT2D eigenvalue weighted by atomic mass is 9.76. The number of halogens is 6. The molecular weight excluding hydrogens is 309 g/mol. The Bertz CT molecular complexity index is 179. The smallest absolute Gasteiger partial charge is 0.0829 e. The maximum absolute atomic E-state index is 5.93. The van der Waals surface area contributed by atoms with Crippen molar-refractivity contribution in [3.63, 3.8) is 0 Å². The van der Waals surface area contributed by atoms with E-state index in [1.807, 2.05) is 0 Å². The molecule has 0 saturated heterocycles. The highest BCUT2D eigenvalue weighted by molar-refractivity contribution is 6.73. The highest BCUT2D eigenvalue weighted by Gasteiger charge is 2.60. The molecule has 84 valence electrons. The van der Waals surface area contributed by atoms with Gasteiger partial charge in [0.1, 0.15) is 0 Å². The Morgan fingerprint density at radius 1 is 0.643 bits per heavy atom. The van der Waals surface area contributed by atoms with Crippen molar-refractivity contribution < 1.29 is 0 Å². The lowest BCUT2D eigenvalue weighted by Crippen LogP contribution is -2.47. The topological polar surface area (TPSA) is 0 Å². The SMILES string of the molecule is ClC(Cl)(Cl)C1(C(Cl)(Cl)Cl)CCCCC1. The van der Waals surface area contributed by atoms with Crippen molar-refractivity contribution in [2.45, 2.75) is 39.7 Å². The van der Waals surface area contributed by atoms with Crippen LogP contribution < -0.4 is 0 Å². The third-order valence-corrected chi connectivity index (χ3v) is 4.96. The fourth-order valence-electron chi connectivity index (χ4n) is 1.88. The average Bonchev–Trinajstić information content (AvgIpc) is 2.02. The van der Waals surface area contributed by atoms with E-state index in [2.05, 4.69) is 0 Å². The third-order valence-electron chi connectivity index (χ3n) is 2.79. The summed E-state index contributed by atoms with van der Waals surface area (Å²) in [5.74, 6) is 0. The van der Waals surface area contributed by atoms with Crippen molar-refractivity contribution >= 4 is 69.6 Å². The highest BCUT2D eigenvalue weighted by Crippen LogP contribution is 2.63. The van der Waals surface area contributed by atoms with Gasteiger partial charge >= 0.3 is 0 Å². The maximum Gasteiger partial charge on any atom is 0.200 e. The predicted octanol–water partition coefficient (Wildman–Crippen LogP) is 5.68. The monoisotopic (exact) mass is 316 g/mol. The summed E-state index contributed by atoms with van der Waals surface area (Å²) in [5.41, 5.74) is -0.854. The standard InChI is InChI=1S/C8H10Cl6/c9-7(10,11)6(8(12,13)14)4-2-1-3-5-6/h1-5H2. The molecule has 0 heterocycles. The molecule has 0 aromatic rings. The first-order valence-corrected chi connectivity index (χ1v) is 6.61. The average molecular weight is 319 g/mol. The summed E-state index contributed by atoms with van der Waals surface area (Å²) in [4.78, 5) is 0. The van der Waals surface area contributed by atoms with Crippen LogP contribution in [0.1, 0.15) is 32.1 Å². The molecule has 0 amide bonds. The zero-order valence-electron chi connectivity index (χ0n) is 7.30. The molecule has 14 heavy (non-hydrogen) atoms. The van der Waals surface area contributed by atoms with Crippen molar-refractivity contribution in [1.29, 1.82) is 0 Å². The maximum atomic E-state index is 5.93. The molecular formula is C8H10Cl6. The second kappa shape index (κ2) is 4.55. The molecule has 1 aliphatic rings. The summed E-state index contributed by atoms with van der Waals surface area (Å²) < 4.78 is -3.06. The van der Waals surface area contributed by atoms with Gasteiger partial charge in [0.25, 0.3) is 0 Å². The molecule has 6 heteroatoms. The molecule has 0 radical (unpaired) electrons. The van der Waals surface area contributed by atoms with Crippen molar-refractivity contribution in [3.8, 4) is 0 Å². The molecule has 0 aromatic heterocycles.